The van der Waals surface area contributed by atoms with Gasteiger partial charge in [-0.05, 0) is 45.7 Å². The molecule has 38 heavy (non-hydrogen) atoms. The third-order valence-electron chi connectivity index (χ3n) is 7.20. The highest BCUT2D eigenvalue weighted by Gasteiger charge is 2.21. The predicted octanol–water partition coefficient (Wildman–Crippen LogP) is 7.35. The van der Waals surface area contributed by atoms with Gasteiger partial charge in [-0.2, -0.15) is 0 Å². The first-order valence-electron chi connectivity index (χ1n) is 12.8. The predicted molar refractivity (Wildman–Crippen MR) is 164 cm³/mol. The summed E-state index contributed by atoms with van der Waals surface area (Å²) in [6.45, 7) is 0.183. The maximum atomic E-state index is 6.24. The summed E-state index contributed by atoms with van der Waals surface area (Å²) in [7, 11) is 1.69. The Balaban J connectivity index is 1.44. The van der Waals surface area contributed by atoms with E-state index < -0.39 is 0 Å². The van der Waals surface area contributed by atoms with E-state index in [1.165, 1.54) is 38.3 Å². The molecule has 0 heterocycles. The Kier molecular flexibility index (Phi) is 6.73. The van der Waals surface area contributed by atoms with E-state index in [-0.39, 0.29) is 6.71 Å². The molecule has 6 rings (SSSR count). The van der Waals surface area contributed by atoms with Crippen molar-refractivity contribution in [2.45, 2.75) is 0 Å². The highest BCUT2D eigenvalue weighted by Crippen LogP contribution is 2.39. The maximum Gasteiger partial charge on any atom is 0.241 e. The van der Waals surface area contributed by atoms with Gasteiger partial charge in [0.15, 0.2) is 0 Å². The van der Waals surface area contributed by atoms with Gasteiger partial charge >= 0.3 is 0 Å². The van der Waals surface area contributed by atoms with Gasteiger partial charge in [0, 0.05) is 10.6 Å². The van der Waals surface area contributed by atoms with E-state index in [1.54, 1.807) is 7.11 Å². The van der Waals surface area contributed by atoms with Crippen LogP contribution in [0.25, 0.3) is 33.0 Å². The van der Waals surface area contributed by atoms with Gasteiger partial charge in [0.2, 0.25) is 6.71 Å². The number of methoxy groups -OCH3 is 1. The summed E-state index contributed by atoms with van der Waals surface area (Å²) in [6, 6.07) is 49.3. The average molecular weight is 509 g/mol. The molecule has 0 amide bonds. The van der Waals surface area contributed by atoms with Crippen LogP contribution in [0.15, 0.2) is 140 Å². The van der Waals surface area contributed by atoms with E-state index >= 15 is 0 Å². The summed E-state index contributed by atoms with van der Waals surface area (Å²) in [5.41, 5.74) is 8.42. The summed E-state index contributed by atoms with van der Waals surface area (Å²) in [5.74, 6) is 0.771. The minimum Gasteiger partial charge on any atom is -0.496 e. The molecule has 0 bridgehead atoms. The van der Waals surface area contributed by atoms with Crippen LogP contribution in [-0.2, 0) is 0 Å². The quantitative estimate of drug-likeness (QED) is 0.214. The van der Waals surface area contributed by atoms with Crippen LogP contribution in [0.3, 0.4) is 0 Å². The second-order valence-corrected chi connectivity index (χ2v) is 9.86. The van der Waals surface area contributed by atoms with Crippen molar-refractivity contribution in [2.75, 3.05) is 7.11 Å². The fraction of sp³-hybridized carbons (Fsp3) is 0.0286. The van der Waals surface area contributed by atoms with Gasteiger partial charge in [-0.25, -0.2) is 0 Å². The van der Waals surface area contributed by atoms with Crippen molar-refractivity contribution in [3.05, 3.63) is 145 Å². The molecule has 0 aromatic heterocycles. The van der Waals surface area contributed by atoms with Crippen molar-refractivity contribution in [3.63, 3.8) is 0 Å². The zero-order valence-corrected chi connectivity index (χ0v) is 21.9. The highest BCUT2D eigenvalue weighted by molar-refractivity contribution is 6.95. The zero-order chi connectivity index (χ0) is 25.9. The summed E-state index contributed by atoms with van der Waals surface area (Å²) in [5, 5.41) is 3.05. The van der Waals surface area contributed by atoms with Crippen LogP contribution in [0.5, 0.6) is 5.75 Å². The lowest BCUT2D eigenvalue weighted by atomic mass is 9.37. The van der Waals surface area contributed by atoms with Crippen molar-refractivity contribution in [3.8, 4) is 28.0 Å². The van der Waals surface area contributed by atoms with E-state index in [0.29, 0.717) is 5.02 Å². The van der Waals surface area contributed by atoms with E-state index in [1.807, 2.05) is 18.2 Å². The number of benzene rings is 6. The zero-order valence-electron chi connectivity index (χ0n) is 21.1. The van der Waals surface area contributed by atoms with Gasteiger partial charge in [0.05, 0.1) is 7.11 Å². The molecule has 0 N–H and O–H groups in total. The molecule has 0 radical (unpaired) electrons. The van der Waals surface area contributed by atoms with Crippen LogP contribution in [0.2, 0.25) is 5.02 Å². The summed E-state index contributed by atoms with van der Waals surface area (Å²) in [4.78, 5) is 0. The first-order chi connectivity index (χ1) is 18.7. The third kappa shape index (κ3) is 4.60. The third-order valence-corrected chi connectivity index (χ3v) is 7.43. The van der Waals surface area contributed by atoms with Crippen LogP contribution >= 0.6 is 11.6 Å². The van der Waals surface area contributed by atoms with Gasteiger partial charge in [0.25, 0.3) is 0 Å². The number of rotatable bonds is 6. The van der Waals surface area contributed by atoms with E-state index in [0.717, 1.165) is 16.9 Å². The molecule has 6 aromatic rings. The Morgan fingerprint density at radius 2 is 1.00 bits per heavy atom. The molecule has 3 heteroatoms. The molecule has 6 aromatic carbocycles. The van der Waals surface area contributed by atoms with Gasteiger partial charge in [0.1, 0.15) is 5.75 Å². The molecule has 0 fully saturated rings. The molecule has 0 saturated heterocycles. The second kappa shape index (κ2) is 10.6. The Morgan fingerprint density at radius 3 is 1.61 bits per heavy atom. The molecule has 0 aliphatic carbocycles. The van der Waals surface area contributed by atoms with Crippen molar-refractivity contribution in [1.82, 2.24) is 0 Å². The molecule has 0 saturated carbocycles. The van der Waals surface area contributed by atoms with Gasteiger partial charge in [-0.15, -0.1) is 0 Å². The van der Waals surface area contributed by atoms with Crippen molar-refractivity contribution < 1.29 is 4.74 Å². The van der Waals surface area contributed by atoms with Crippen LogP contribution in [0, 0.1) is 0 Å². The Bertz CT molecular complexity index is 1660. The molecule has 1 nitrogen and oxygen atoms in total. The standard InChI is InChI=1S/C35H26BClO/c1-38-35-24-29(37)20-21-34(35)33-23-22-30(31-14-8-9-15-32(31)33)25-16-18-28(19-17-25)36(26-10-4-2-5-11-26)27-12-6-3-7-13-27/h2-24H,1H3. The SMILES string of the molecule is COc1cc(Cl)ccc1-c1ccc(-c2ccc(B(c3ccccc3)c3ccccc3)cc2)c2ccccc12. The fourth-order valence-corrected chi connectivity index (χ4v) is 5.56. The molecular formula is C35H26BClO. The number of ether oxygens (including phenoxy) is 1. The lowest BCUT2D eigenvalue weighted by Gasteiger charge is -2.17. The smallest absolute Gasteiger partial charge is 0.241 e. The number of hydrogen-bond acceptors (Lipinski definition) is 1. The van der Waals surface area contributed by atoms with Crippen molar-refractivity contribution in [2.24, 2.45) is 0 Å². The maximum absolute atomic E-state index is 6.24. The van der Waals surface area contributed by atoms with E-state index in [9.17, 15) is 0 Å². The molecule has 0 spiro atoms. The van der Waals surface area contributed by atoms with Gasteiger partial charge in [-0.3, -0.25) is 0 Å². The summed E-state index contributed by atoms with van der Waals surface area (Å²) >= 11 is 6.24. The van der Waals surface area contributed by atoms with Crippen LogP contribution in [0.4, 0.5) is 0 Å². The molecule has 0 unspecified atom stereocenters. The average Bonchev–Trinajstić information content (AvgIpc) is 2.98. The molecule has 182 valence electrons. The van der Waals surface area contributed by atoms with Crippen LogP contribution in [0.1, 0.15) is 0 Å². The van der Waals surface area contributed by atoms with Crippen molar-refractivity contribution in [1.29, 1.82) is 0 Å². The first kappa shape index (κ1) is 24.1. The highest BCUT2D eigenvalue weighted by atomic mass is 35.5. The number of halogens is 1. The van der Waals surface area contributed by atoms with Crippen LogP contribution < -0.4 is 21.1 Å². The minimum atomic E-state index is 0.183. The minimum absolute atomic E-state index is 0.183. The molecular weight excluding hydrogens is 483 g/mol. The van der Waals surface area contributed by atoms with E-state index in [2.05, 4.69) is 121 Å². The lowest BCUT2D eigenvalue weighted by molar-refractivity contribution is 0.416. The number of fused-ring (bicyclic) bond motifs is 1. The van der Waals surface area contributed by atoms with Crippen molar-refractivity contribution >= 4 is 45.5 Å². The van der Waals surface area contributed by atoms with Gasteiger partial charge < -0.3 is 4.74 Å². The normalized spacial score (nSPS) is 10.9. The Hall–Kier alpha value is -4.27. The lowest BCUT2D eigenvalue weighted by Crippen LogP contribution is -2.51. The second-order valence-electron chi connectivity index (χ2n) is 9.43. The molecule has 0 aliphatic heterocycles. The molecule has 0 aliphatic rings. The summed E-state index contributed by atoms with van der Waals surface area (Å²) in [6.07, 6.45) is 0. The number of hydrogen-bond donors (Lipinski definition) is 0. The van der Waals surface area contributed by atoms with E-state index in [4.69, 9.17) is 16.3 Å². The summed E-state index contributed by atoms with van der Waals surface area (Å²) < 4.78 is 5.67. The Morgan fingerprint density at radius 1 is 0.500 bits per heavy atom. The topological polar surface area (TPSA) is 9.23 Å². The largest absolute Gasteiger partial charge is 0.496 e. The Labute approximate surface area is 229 Å². The first-order valence-corrected chi connectivity index (χ1v) is 13.2. The monoisotopic (exact) mass is 508 g/mol. The fourth-order valence-electron chi connectivity index (χ4n) is 5.40. The van der Waals surface area contributed by atoms with Gasteiger partial charge in [-0.1, -0.05) is 149 Å². The molecule has 0 atom stereocenters. The van der Waals surface area contributed by atoms with Crippen LogP contribution in [-0.4, -0.2) is 13.8 Å².